The molecule has 19 heavy (non-hydrogen) atoms. The summed E-state index contributed by atoms with van der Waals surface area (Å²) in [6.45, 7) is 0. The lowest BCUT2D eigenvalue weighted by atomic mass is 9.84. The minimum absolute atomic E-state index is 0.491. The number of pyridine rings is 1. The van der Waals surface area contributed by atoms with Gasteiger partial charge in [0.2, 0.25) is 0 Å². The Kier molecular flexibility index (Phi) is 2.37. The van der Waals surface area contributed by atoms with Crippen LogP contribution in [0.4, 0.5) is 5.82 Å². The molecule has 0 saturated heterocycles. The maximum Gasteiger partial charge on any atom is 0.175 e. The van der Waals surface area contributed by atoms with Crippen LogP contribution in [0.1, 0.15) is 37.4 Å². The molecule has 2 aromatic heterocycles. The van der Waals surface area contributed by atoms with Crippen molar-refractivity contribution in [2.45, 2.75) is 31.6 Å². The van der Waals surface area contributed by atoms with Gasteiger partial charge in [-0.1, -0.05) is 17.6 Å². The molecule has 2 aromatic rings. The molecule has 2 aliphatic rings. The topological polar surface area (TPSA) is 64.9 Å². The number of hydrogen-bond donors (Lipinski definition) is 1. The average Bonchev–Trinajstić information content (AvgIpc) is 3.14. The molecule has 2 saturated carbocycles. The van der Waals surface area contributed by atoms with E-state index in [4.69, 9.17) is 10.3 Å². The van der Waals surface area contributed by atoms with Crippen molar-refractivity contribution in [1.82, 2.24) is 10.1 Å². The van der Waals surface area contributed by atoms with Crippen LogP contribution in [0, 0.1) is 11.8 Å². The van der Waals surface area contributed by atoms with Crippen molar-refractivity contribution >= 4 is 5.82 Å². The summed E-state index contributed by atoms with van der Waals surface area (Å²) in [7, 11) is 0. The van der Waals surface area contributed by atoms with E-state index in [-0.39, 0.29) is 0 Å². The summed E-state index contributed by atoms with van der Waals surface area (Å²) in [5.41, 5.74) is 7.98. The van der Waals surface area contributed by atoms with Gasteiger partial charge in [-0.25, -0.2) is 0 Å². The van der Waals surface area contributed by atoms with Crippen LogP contribution in [0.25, 0.3) is 11.1 Å². The highest BCUT2D eigenvalue weighted by Crippen LogP contribution is 2.54. The summed E-state index contributed by atoms with van der Waals surface area (Å²) in [4.78, 5) is 4.17. The Labute approximate surface area is 112 Å². The molecule has 0 aliphatic heterocycles. The van der Waals surface area contributed by atoms with E-state index < -0.39 is 0 Å². The van der Waals surface area contributed by atoms with Gasteiger partial charge in [-0.3, -0.25) is 4.98 Å². The van der Waals surface area contributed by atoms with E-state index in [1.54, 1.807) is 6.20 Å². The molecule has 4 rings (SSSR count). The third-order valence-electron chi connectivity index (χ3n) is 4.77. The van der Waals surface area contributed by atoms with Crippen LogP contribution in [0.3, 0.4) is 0 Å². The van der Waals surface area contributed by atoms with Crippen molar-refractivity contribution in [3.63, 3.8) is 0 Å². The molecule has 2 aliphatic carbocycles. The SMILES string of the molecule is Nc1noc(C2CC3CCC2C3)c1-c1cccnc1. The largest absolute Gasteiger partial charge is 0.380 e. The molecule has 3 unspecified atom stereocenters. The monoisotopic (exact) mass is 255 g/mol. The second-order valence-corrected chi connectivity index (χ2v) is 5.83. The highest BCUT2D eigenvalue weighted by Gasteiger charge is 2.43. The lowest BCUT2D eigenvalue weighted by Crippen LogP contribution is -2.08. The van der Waals surface area contributed by atoms with Gasteiger partial charge in [-0.05, 0) is 37.2 Å². The van der Waals surface area contributed by atoms with Gasteiger partial charge in [-0.2, -0.15) is 0 Å². The van der Waals surface area contributed by atoms with Gasteiger partial charge in [-0.15, -0.1) is 0 Å². The van der Waals surface area contributed by atoms with E-state index in [1.807, 2.05) is 18.3 Å². The number of anilines is 1. The van der Waals surface area contributed by atoms with Crippen LogP contribution in [0.2, 0.25) is 0 Å². The van der Waals surface area contributed by atoms with E-state index in [1.165, 1.54) is 25.7 Å². The van der Waals surface area contributed by atoms with Crippen molar-refractivity contribution in [2.24, 2.45) is 11.8 Å². The summed E-state index contributed by atoms with van der Waals surface area (Å²) in [6, 6.07) is 3.94. The number of nitrogens with zero attached hydrogens (tertiary/aromatic N) is 2. The Balaban J connectivity index is 1.78. The standard InChI is InChI=1S/C15H17N3O/c16-15-13(11-2-1-5-17-8-11)14(19-18-15)12-7-9-3-4-10(12)6-9/h1-2,5,8-10,12H,3-4,6-7H2,(H2,16,18). The summed E-state index contributed by atoms with van der Waals surface area (Å²) < 4.78 is 5.58. The molecule has 4 nitrogen and oxygen atoms in total. The first kappa shape index (κ1) is 11.0. The quantitative estimate of drug-likeness (QED) is 0.894. The van der Waals surface area contributed by atoms with E-state index in [0.29, 0.717) is 11.7 Å². The second kappa shape index (κ2) is 4.08. The molecule has 0 amide bonds. The van der Waals surface area contributed by atoms with Crippen LogP contribution in [0.5, 0.6) is 0 Å². The van der Waals surface area contributed by atoms with Crippen LogP contribution in [0.15, 0.2) is 29.0 Å². The number of aromatic nitrogens is 2. The molecule has 3 atom stereocenters. The molecule has 0 radical (unpaired) electrons. The number of nitrogen functional groups attached to an aromatic ring is 1. The molecule has 2 N–H and O–H groups in total. The van der Waals surface area contributed by atoms with Crippen molar-refractivity contribution in [2.75, 3.05) is 5.73 Å². The lowest BCUT2D eigenvalue weighted by molar-refractivity contribution is 0.312. The maximum absolute atomic E-state index is 6.01. The second-order valence-electron chi connectivity index (χ2n) is 5.83. The van der Waals surface area contributed by atoms with Crippen molar-refractivity contribution in [1.29, 1.82) is 0 Å². The fourth-order valence-corrected chi connectivity index (χ4v) is 3.94. The Morgan fingerprint density at radius 2 is 2.21 bits per heavy atom. The zero-order chi connectivity index (χ0) is 12.8. The van der Waals surface area contributed by atoms with Gasteiger partial charge in [0.25, 0.3) is 0 Å². The predicted octanol–water partition coefficient (Wildman–Crippen LogP) is 3.22. The summed E-state index contributed by atoms with van der Waals surface area (Å²) >= 11 is 0. The fourth-order valence-electron chi connectivity index (χ4n) is 3.94. The molecular formula is C15H17N3O. The normalized spacial score (nSPS) is 28.9. The van der Waals surface area contributed by atoms with Gasteiger partial charge in [0, 0.05) is 23.9 Å². The molecule has 2 heterocycles. The number of nitrogens with two attached hydrogens (primary N) is 1. The van der Waals surface area contributed by atoms with E-state index in [0.717, 1.165) is 28.7 Å². The average molecular weight is 255 g/mol. The van der Waals surface area contributed by atoms with Crippen LogP contribution < -0.4 is 5.73 Å². The van der Waals surface area contributed by atoms with E-state index in [2.05, 4.69) is 10.1 Å². The number of hydrogen-bond acceptors (Lipinski definition) is 4. The predicted molar refractivity (Wildman–Crippen MR) is 72.3 cm³/mol. The molecule has 4 heteroatoms. The molecule has 98 valence electrons. The minimum atomic E-state index is 0.491. The van der Waals surface area contributed by atoms with E-state index >= 15 is 0 Å². The zero-order valence-corrected chi connectivity index (χ0v) is 10.7. The molecular weight excluding hydrogens is 238 g/mol. The van der Waals surface area contributed by atoms with Crippen LogP contribution in [-0.2, 0) is 0 Å². The minimum Gasteiger partial charge on any atom is -0.380 e. The first-order chi connectivity index (χ1) is 9.33. The van der Waals surface area contributed by atoms with Crippen LogP contribution >= 0.6 is 0 Å². The summed E-state index contributed by atoms with van der Waals surface area (Å²) in [5.74, 6) is 3.61. The van der Waals surface area contributed by atoms with E-state index in [9.17, 15) is 0 Å². The summed E-state index contributed by atoms with van der Waals surface area (Å²) in [5, 5.41) is 4.00. The Bertz CT molecular complexity index is 593. The smallest absolute Gasteiger partial charge is 0.175 e. The Morgan fingerprint density at radius 3 is 2.89 bits per heavy atom. The van der Waals surface area contributed by atoms with Crippen molar-refractivity contribution in [3.8, 4) is 11.1 Å². The Morgan fingerprint density at radius 1 is 1.26 bits per heavy atom. The molecule has 2 bridgehead atoms. The molecule has 0 spiro atoms. The van der Waals surface area contributed by atoms with Gasteiger partial charge in [0.1, 0.15) is 5.76 Å². The third kappa shape index (κ3) is 1.66. The fraction of sp³-hybridized carbons (Fsp3) is 0.467. The van der Waals surface area contributed by atoms with Gasteiger partial charge in [0.05, 0.1) is 5.56 Å². The van der Waals surface area contributed by atoms with Crippen molar-refractivity contribution < 1.29 is 4.52 Å². The highest BCUT2D eigenvalue weighted by molar-refractivity contribution is 5.75. The van der Waals surface area contributed by atoms with Crippen LogP contribution in [-0.4, -0.2) is 10.1 Å². The lowest BCUT2D eigenvalue weighted by Gasteiger charge is -2.19. The van der Waals surface area contributed by atoms with Gasteiger partial charge < -0.3 is 10.3 Å². The summed E-state index contributed by atoms with van der Waals surface area (Å²) in [6.07, 6.45) is 8.88. The van der Waals surface area contributed by atoms with Gasteiger partial charge >= 0.3 is 0 Å². The highest BCUT2D eigenvalue weighted by atomic mass is 16.5. The zero-order valence-electron chi connectivity index (χ0n) is 10.7. The molecule has 2 fully saturated rings. The maximum atomic E-state index is 6.01. The number of rotatable bonds is 2. The van der Waals surface area contributed by atoms with Crippen molar-refractivity contribution in [3.05, 3.63) is 30.3 Å². The number of fused-ring (bicyclic) bond motifs is 2. The molecule has 0 aromatic carbocycles. The van der Waals surface area contributed by atoms with Gasteiger partial charge in [0.15, 0.2) is 5.82 Å². The Hall–Kier alpha value is -1.84. The first-order valence-corrected chi connectivity index (χ1v) is 6.98. The first-order valence-electron chi connectivity index (χ1n) is 6.98. The third-order valence-corrected chi connectivity index (χ3v) is 4.77.